The molecule has 1 saturated heterocycles. The summed E-state index contributed by atoms with van der Waals surface area (Å²) in [4.78, 5) is 18.9. The van der Waals surface area contributed by atoms with E-state index >= 15 is 0 Å². The number of benzene rings is 2. The molecule has 3 aromatic rings. The van der Waals surface area contributed by atoms with E-state index in [-0.39, 0.29) is 18.4 Å². The highest BCUT2D eigenvalue weighted by Gasteiger charge is 2.27. The number of ether oxygens (including phenoxy) is 1. The maximum Gasteiger partial charge on any atom is 0.260 e. The highest BCUT2D eigenvalue weighted by atomic mass is 35.5. The molecular formula is C21H21ClN2O3. The van der Waals surface area contributed by atoms with E-state index in [1.165, 1.54) is 0 Å². The number of hydrogen-bond acceptors (Lipinski definition) is 4. The average molecular weight is 385 g/mol. The molecule has 1 aromatic heterocycles. The fraction of sp³-hybridized carbons (Fsp3) is 0.333. The number of oxazole rings is 1. The molecule has 5 nitrogen and oxygen atoms in total. The molecule has 1 amide bonds. The molecule has 140 valence electrons. The van der Waals surface area contributed by atoms with Gasteiger partial charge in [0.1, 0.15) is 11.3 Å². The SMILES string of the molecule is Cc1cc(OCC(=O)N2CCC(c3nc4ccccc4o3)CC2)ccc1Cl. The molecule has 2 heterocycles. The Kier molecular flexibility index (Phi) is 5.03. The van der Waals surface area contributed by atoms with Crippen LogP contribution in [0.15, 0.2) is 46.9 Å². The number of carbonyl (C=O) groups excluding carboxylic acids is 1. The molecular weight excluding hydrogens is 364 g/mol. The molecule has 0 unspecified atom stereocenters. The van der Waals surface area contributed by atoms with Crippen molar-refractivity contribution < 1.29 is 13.9 Å². The van der Waals surface area contributed by atoms with E-state index in [2.05, 4.69) is 4.98 Å². The number of carbonyl (C=O) groups is 1. The maximum atomic E-state index is 12.4. The number of aromatic nitrogens is 1. The monoisotopic (exact) mass is 384 g/mol. The summed E-state index contributed by atoms with van der Waals surface area (Å²) in [6.07, 6.45) is 1.69. The number of fused-ring (bicyclic) bond motifs is 1. The van der Waals surface area contributed by atoms with Gasteiger partial charge in [-0.1, -0.05) is 23.7 Å². The lowest BCUT2D eigenvalue weighted by molar-refractivity contribution is -0.134. The van der Waals surface area contributed by atoms with Crippen molar-refractivity contribution in [1.82, 2.24) is 9.88 Å². The van der Waals surface area contributed by atoms with Gasteiger partial charge >= 0.3 is 0 Å². The number of likely N-dealkylation sites (tertiary alicyclic amines) is 1. The molecule has 6 heteroatoms. The standard InChI is InChI=1S/C21H21ClN2O3/c1-14-12-16(6-7-17(14)22)26-13-20(25)24-10-8-15(9-11-24)21-23-18-4-2-3-5-19(18)27-21/h2-7,12,15H,8-11,13H2,1H3. The molecule has 0 aliphatic carbocycles. The van der Waals surface area contributed by atoms with E-state index in [1.807, 2.05) is 42.2 Å². The Morgan fingerprint density at radius 1 is 1.26 bits per heavy atom. The van der Waals surface area contributed by atoms with Crippen molar-refractivity contribution >= 4 is 28.6 Å². The van der Waals surface area contributed by atoms with Crippen LogP contribution < -0.4 is 4.74 Å². The number of rotatable bonds is 4. The van der Waals surface area contributed by atoms with Crippen molar-refractivity contribution in [1.29, 1.82) is 0 Å². The number of amides is 1. The molecule has 1 aliphatic rings. The van der Waals surface area contributed by atoms with Gasteiger partial charge in [0.2, 0.25) is 0 Å². The Labute approximate surface area is 162 Å². The Morgan fingerprint density at radius 3 is 2.78 bits per heavy atom. The van der Waals surface area contributed by atoms with Crippen molar-refractivity contribution in [3.05, 3.63) is 58.9 Å². The predicted molar refractivity (Wildman–Crippen MR) is 104 cm³/mol. The second-order valence-electron chi connectivity index (χ2n) is 6.87. The predicted octanol–water partition coefficient (Wildman–Crippen LogP) is 4.57. The molecule has 1 fully saturated rings. The molecule has 4 rings (SSSR count). The summed E-state index contributed by atoms with van der Waals surface area (Å²) in [6, 6.07) is 13.2. The highest BCUT2D eigenvalue weighted by molar-refractivity contribution is 6.31. The van der Waals surface area contributed by atoms with Crippen molar-refractivity contribution in [3.8, 4) is 5.75 Å². The number of halogens is 1. The second-order valence-corrected chi connectivity index (χ2v) is 7.28. The quantitative estimate of drug-likeness (QED) is 0.661. The third-order valence-corrected chi connectivity index (χ3v) is 5.42. The largest absolute Gasteiger partial charge is 0.484 e. The van der Waals surface area contributed by atoms with E-state index in [0.29, 0.717) is 23.9 Å². The Balaban J connectivity index is 1.31. The summed E-state index contributed by atoms with van der Waals surface area (Å²) in [6.45, 7) is 3.32. The van der Waals surface area contributed by atoms with Crippen LogP contribution in [-0.4, -0.2) is 35.5 Å². The third-order valence-electron chi connectivity index (χ3n) is 5.00. The van der Waals surface area contributed by atoms with E-state index < -0.39 is 0 Å². The van der Waals surface area contributed by atoms with Gasteiger partial charge in [-0.3, -0.25) is 4.79 Å². The Bertz CT molecular complexity index is 928. The number of para-hydroxylation sites is 2. The molecule has 0 spiro atoms. The number of hydrogen-bond donors (Lipinski definition) is 0. The van der Waals surface area contributed by atoms with Crippen LogP contribution in [-0.2, 0) is 4.79 Å². The lowest BCUT2D eigenvalue weighted by atomic mass is 9.97. The first-order valence-corrected chi connectivity index (χ1v) is 9.50. The zero-order chi connectivity index (χ0) is 18.8. The summed E-state index contributed by atoms with van der Waals surface area (Å²) in [5, 5.41) is 0.690. The Morgan fingerprint density at radius 2 is 2.04 bits per heavy atom. The number of nitrogens with zero attached hydrogens (tertiary/aromatic N) is 2. The minimum Gasteiger partial charge on any atom is -0.484 e. The first-order chi connectivity index (χ1) is 13.1. The fourth-order valence-corrected chi connectivity index (χ4v) is 3.50. The summed E-state index contributed by atoms with van der Waals surface area (Å²) < 4.78 is 11.5. The third kappa shape index (κ3) is 3.93. The van der Waals surface area contributed by atoms with Crippen LogP contribution in [0.4, 0.5) is 0 Å². The van der Waals surface area contributed by atoms with Gasteiger partial charge in [0.15, 0.2) is 18.1 Å². The minimum absolute atomic E-state index is 0.00128. The van der Waals surface area contributed by atoms with Crippen molar-refractivity contribution in [3.63, 3.8) is 0 Å². The van der Waals surface area contributed by atoms with Gasteiger partial charge in [-0.05, 0) is 55.7 Å². The molecule has 27 heavy (non-hydrogen) atoms. The van der Waals surface area contributed by atoms with Crippen LogP contribution in [0.1, 0.15) is 30.2 Å². The zero-order valence-electron chi connectivity index (χ0n) is 15.2. The smallest absolute Gasteiger partial charge is 0.260 e. The zero-order valence-corrected chi connectivity index (χ0v) is 15.9. The first kappa shape index (κ1) is 17.9. The number of piperidine rings is 1. The van der Waals surface area contributed by atoms with Gasteiger partial charge in [-0.15, -0.1) is 0 Å². The van der Waals surface area contributed by atoms with Gasteiger partial charge in [-0.2, -0.15) is 0 Å². The molecule has 1 aliphatic heterocycles. The molecule has 0 radical (unpaired) electrons. The van der Waals surface area contributed by atoms with Crippen LogP contribution >= 0.6 is 11.6 Å². The van der Waals surface area contributed by atoms with Crippen molar-refractivity contribution in [2.75, 3.05) is 19.7 Å². The van der Waals surface area contributed by atoms with Gasteiger partial charge in [0.05, 0.1) is 0 Å². The topological polar surface area (TPSA) is 55.6 Å². The van der Waals surface area contributed by atoms with Crippen LogP contribution in [0.3, 0.4) is 0 Å². The fourth-order valence-electron chi connectivity index (χ4n) is 3.38. The summed E-state index contributed by atoms with van der Waals surface area (Å²) >= 11 is 6.01. The molecule has 0 bridgehead atoms. The number of aryl methyl sites for hydroxylation is 1. The van der Waals surface area contributed by atoms with Gasteiger partial charge in [-0.25, -0.2) is 4.98 Å². The van der Waals surface area contributed by atoms with Crippen LogP contribution in [0.25, 0.3) is 11.1 Å². The summed E-state index contributed by atoms with van der Waals surface area (Å²) in [7, 11) is 0. The van der Waals surface area contributed by atoms with Crippen LogP contribution in [0.5, 0.6) is 5.75 Å². The average Bonchev–Trinajstić information content (AvgIpc) is 3.13. The molecule has 0 atom stereocenters. The van der Waals surface area contributed by atoms with Crippen LogP contribution in [0, 0.1) is 6.92 Å². The lowest BCUT2D eigenvalue weighted by Gasteiger charge is -2.30. The van der Waals surface area contributed by atoms with E-state index in [0.717, 1.165) is 35.4 Å². The maximum absolute atomic E-state index is 12.4. The van der Waals surface area contributed by atoms with Crippen molar-refractivity contribution in [2.24, 2.45) is 0 Å². The Hall–Kier alpha value is -2.53. The molecule has 2 aromatic carbocycles. The van der Waals surface area contributed by atoms with Gasteiger partial charge in [0, 0.05) is 24.0 Å². The summed E-state index contributed by atoms with van der Waals surface area (Å²) in [5.74, 6) is 1.68. The van der Waals surface area contributed by atoms with E-state index in [4.69, 9.17) is 20.8 Å². The first-order valence-electron chi connectivity index (χ1n) is 9.12. The molecule has 0 saturated carbocycles. The minimum atomic E-state index is -0.00128. The normalized spacial score (nSPS) is 15.3. The van der Waals surface area contributed by atoms with Gasteiger partial charge in [0.25, 0.3) is 5.91 Å². The highest BCUT2D eigenvalue weighted by Crippen LogP contribution is 2.30. The second kappa shape index (κ2) is 7.61. The van der Waals surface area contributed by atoms with E-state index in [1.54, 1.807) is 12.1 Å². The molecule has 0 N–H and O–H groups in total. The van der Waals surface area contributed by atoms with Crippen molar-refractivity contribution in [2.45, 2.75) is 25.7 Å². The van der Waals surface area contributed by atoms with Gasteiger partial charge < -0.3 is 14.1 Å². The van der Waals surface area contributed by atoms with Crippen LogP contribution in [0.2, 0.25) is 5.02 Å². The van der Waals surface area contributed by atoms with E-state index in [9.17, 15) is 4.79 Å². The summed E-state index contributed by atoms with van der Waals surface area (Å²) in [5.41, 5.74) is 2.64. The lowest BCUT2D eigenvalue weighted by Crippen LogP contribution is -2.40.